The lowest BCUT2D eigenvalue weighted by Crippen LogP contribution is -2.11. The van der Waals surface area contributed by atoms with Crippen LogP contribution in [-0.4, -0.2) is 27.8 Å². The van der Waals surface area contributed by atoms with Crippen LogP contribution in [-0.2, 0) is 6.42 Å². The summed E-state index contributed by atoms with van der Waals surface area (Å²) < 4.78 is 5.17. The number of anilines is 1. The Morgan fingerprint density at radius 3 is 2.62 bits per heavy atom. The first-order valence-corrected chi connectivity index (χ1v) is 7.48. The van der Waals surface area contributed by atoms with Crippen LogP contribution in [0, 0.1) is 0 Å². The van der Waals surface area contributed by atoms with Gasteiger partial charge in [-0.25, -0.2) is 0 Å². The van der Waals surface area contributed by atoms with E-state index in [1.54, 1.807) is 31.9 Å². The summed E-state index contributed by atoms with van der Waals surface area (Å²) in [5.74, 6) is 0.666. The minimum atomic E-state index is 0.572. The highest BCUT2D eigenvalue weighted by molar-refractivity contribution is 6.00. The number of nitrogens with zero attached hydrogens (tertiary/aromatic N) is 4. The topological polar surface area (TPSA) is 72.3 Å². The van der Waals surface area contributed by atoms with E-state index < -0.39 is 0 Å². The number of methoxy groups -OCH3 is 1. The standard InChI is InChI=1S/C18H17N5O/c1-24-16-10-15(12-19-13-16)22-23-18(17-7-3-5-9-21-17)11-14-6-2-4-8-20-14/h2-10,12-13,22H,11H2,1H3. The number of hydrogen-bond donors (Lipinski definition) is 1. The van der Waals surface area contributed by atoms with Gasteiger partial charge < -0.3 is 4.74 Å². The molecule has 6 heteroatoms. The maximum atomic E-state index is 5.17. The van der Waals surface area contributed by atoms with Crippen LogP contribution in [0.25, 0.3) is 0 Å². The number of ether oxygens (including phenoxy) is 1. The van der Waals surface area contributed by atoms with Crippen molar-refractivity contribution in [1.82, 2.24) is 15.0 Å². The second kappa shape index (κ2) is 7.82. The van der Waals surface area contributed by atoms with E-state index in [-0.39, 0.29) is 0 Å². The molecule has 0 unspecified atom stereocenters. The second-order valence-corrected chi connectivity index (χ2v) is 5.00. The highest BCUT2D eigenvalue weighted by atomic mass is 16.5. The lowest BCUT2D eigenvalue weighted by atomic mass is 10.1. The third-order valence-electron chi connectivity index (χ3n) is 3.30. The van der Waals surface area contributed by atoms with Crippen molar-refractivity contribution < 1.29 is 4.74 Å². The van der Waals surface area contributed by atoms with Gasteiger partial charge in [0.25, 0.3) is 0 Å². The molecule has 3 aromatic heterocycles. The molecule has 6 nitrogen and oxygen atoms in total. The summed E-state index contributed by atoms with van der Waals surface area (Å²) in [6.07, 6.45) is 7.41. The number of hydrogen-bond acceptors (Lipinski definition) is 6. The predicted octanol–water partition coefficient (Wildman–Crippen LogP) is 2.94. The fourth-order valence-electron chi connectivity index (χ4n) is 2.12. The molecule has 0 aliphatic heterocycles. The van der Waals surface area contributed by atoms with Crippen LogP contribution in [0.3, 0.4) is 0 Å². The quantitative estimate of drug-likeness (QED) is 0.558. The Kier molecular flexibility index (Phi) is 5.09. The molecule has 0 saturated heterocycles. The molecule has 0 atom stereocenters. The Morgan fingerprint density at radius 1 is 1.08 bits per heavy atom. The van der Waals surface area contributed by atoms with Crippen molar-refractivity contribution in [1.29, 1.82) is 0 Å². The molecule has 0 saturated carbocycles. The Hall–Kier alpha value is -3.28. The molecule has 0 fully saturated rings. The molecule has 0 aromatic carbocycles. The molecule has 0 radical (unpaired) electrons. The normalized spacial score (nSPS) is 11.1. The molecule has 24 heavy (non-hydrogen) atoms. The maximum Gasteiger partial charge on any atom is 0.139 e. The molecule has 3 rings (SSSR count). The molecular weight excluding hydrogens is 302 g/mol. The summed E-state index contributed by atoms with van der Waals surface area (Å²) in [5, 5.41) is 4.50. The number of nitrogens with one attached hydrogen (secondary N) is 1. The highest BCUT2D eigenvalue weighted by Crippen LogP contribution is 2.15. The fraction of sp³-hybridized carbons (Fsp3) is 0.111. The fourth-order valence-corrected chi connectivity index (χ4v) is 2.12. The van der Waals surface area contributed by atoms with Gasteiger partial charge in [-0.15, -0.1) is 0 Å². The smallest absolute Gasteiger partial charge is 0.139 e. The molecule has 120 valence electrons. The maximum absolute atomic E-state index is 5.17. The van der Waals surface area contributed by atoms with Gasteiger partial charge in [-0.3, -0.25) is 20.4 Å². The van der Waals surface area contributed by atoms with Gasteiger partial charge >= 0.3 is 0 Å². The molecule has 3 aromatic rings. The van der Waals surface area contributed by atoms with E-state index in [1.807, 2.05) is 42.5 Å². The average molecular weight is 319 g/mol. The van der Waals surface area contributed by atoms with Crippen molar-refractivity contribution in [2.45, 2.75) is 6.42 Å². The van der Waals surface area contributed by atoms with E-state index in [4.69, 9.17) is 4.74 Å². The van der Waals surface area contributed by atoms with Gasteiger partial charge in [0.05, 0.1) is 36.6 Å². The monoisotopic (exact) mass is 319 g/mol. The van der Waals surface area contributed by atoms with Crippen LogP contribution in [0.2, 0.25) is 0 Å². The van der Waals surface area contributed by atoms with E-state index in [2.05, 4.69) is 25.5 Å². The van der Waals surface area contributed by atoms with Crippen molar-refractivity contribution >= 4 is 11.4 Å². The summed E-state index contributed by atoms with van der Waals surface area (Å²) in [6, 6.07) is 13.4. The SMILES string of the molecule is COc1cncc(NN=C(Cc2ccccn2)c2ccccn2)c1. The molecule has 1 N–H and O–H groups in total. The van der Waals surface area contributed by atoms with E-state index in [0.717, 1.165) is 22.8 Å². The van der Waals surface area contributed by atoms with Gasteiger partial charge in [-0.05, 0) is 24.3 Å². The Bertz CT molecular complexity index is 806. The highest BCUT2D eigenvalue weighted by Gasteiger charge is 2.07. The van der Waals surface area contributed by atoms with Crippen molar-refractivity contribution in [2.24, 2.45) is 5.10 Å². The zero-order chi connectivity index (χ0) is 16.6. The Labute approximate surface area is 140 Å². The van der Waals surface area contributed by atoms with E-state index in [0.29, 0.717) is 12.2 Å². The summed E-state index contributed by atoms with van der Waals surface area (Å²) in [6.45, 7) is 0. The molecule has 0 amide bonds. The van der Waals surface area contributed by atoms with Crippen molar-refractivity contribution in [3.63, 3.8) is 0 Å². The zero-order valence-corrected chi connectivity index (χ0v) is 13.3. The van der Waals surface area contributed by atoms with Crippen LogP contribution in [0.1, 0.15) is 11.4 Å². The van der Waals surface area contributed by atoms with Crippen LogP contribution >= 0.6 is 0 Å². The number of hydrazone groups is 1. The first kappa shape index (κ1) is 15.6. The zero-order valence-electron chi connectivity index (χ0n) is 13.3. The van der Waals surface area contributed by atoms with Gasteiger partial charge in [0.2, 0.25) is 0 Å². The van der Waals surface area contributed by atoms with Crippen LogP contribution in [0.4, 0.5) is 5.69 Å². The van der Waals surface area contributed by atoms with Crippen molar-refractivity contribution in [3.8, 4) is 5.75 Å². The largest absolute Gasteiger partial charge is 0.495 e. The summed E-state index contributed by atoms with van der Waals surface area (Å²) in [4.78, 5) is 12.8. The number of rotatable bonds is 6. The van der Waals surface area contributed by atoms with Gasteiger partial charge in [0.1, 0.15) is 5.75 Å². The second-order valence-electron chi connectivity index (χ2n) is 5.00. The molecular formula is C18H17N5O. The first-order chi connectivity index (χ1) is 11.8. The first-order valence-electron chi connectivity index (χ1n) is 7.48. The van der Waals surface area contributed by atoms with E-state index in [9.17, 15) is 0 Å². The molecule has 0 aliphatic carbocycles. The van der Waals surface area contributed by atoms with Gasteiger partial charge in [0.15, 0.2) is 0 Å². The average Bonchev–Trinajstić information content (AvgIpc) is 2.67. The van der Waals surface area contributed by atoms with Crippen LogP contribution in [0.5, 0.6) is 5.75 Å². The van der Waals surface area contributed by atoms with Crippen molar-refractivity contribution in [3.05, 3.63) is 78.6 Å². The molecule has 0 bridgehead atoms. The number of aromatic nitrogens is 3. The van der Waals surface area contributed by atoms with Crippen LogP contribution in [0.15, 0.2) is 72.4 Å². The summed E-state index contributed by atoms with van der Waals surface area (Å²) in [7, 11) is 1.60. The van der Waals surface area contributed by atoms with Gasteiger partial charge in [0, 0.05) is 30.6 Å². The predicted molar refractivity (Wildman–Crippen MR) is 93.1 cm³/mol. The van der Waals surface area contributed by atoms with Crippen molar-refractivity contribution in [2.75, 3.05) is 12.5 Å². The Balaban J connectivity index is 1.86. The van der Waals surface area contributed by atoms with Gasteiger partial charge in [-0.2, -0.15) is 5.10 Å². The third kappa shape index (κ3) is 4.13. The van der Waals surface area contributed by atoms with E-state index >= 15 is 0 Å². The molecule has 0 aliphatic rings. The lowest BCUT2D eigenvalue weighted by molar-refractivity contribution is 0.413. The van der Waals surface area contributed by atoms with Gasteiger partial charge in [-0.1, -0.05) is 12.1 Å². The number of pyridine rings is 3. The molecule has 3 heterocycles. The van der Waals surface area contributed by atoms with Crippen LogP contribution < -0.4 is 10.2 Å². The minimum Gasteiger partial charge on any atom is -0.495 e. The minimum absolute atomic E-state index is 0.572. The Morgan fingerprint density at radius 2 is 1.92 bits per heavy atom. The molecule has 0 spiro atoms. The summed E-state index contributed by atoms with van der Waals surface area (Å²) >= 11 is 0. The lowest BCUT2D eigenvalue weighted by Gasteiger charge is -2.08. The summed E-state index contributed by atoms with van der Waals surface area (Å²) in [5.41, 5.74) is 6.27. The third-order valence-corrected chi connectivity index (χ3v) is 3.30. The van der Waals surface area contributed by atoms with E-state index in [1.165, 1.54) is 0 Å².